The Morgan fingerprint density at radius 2 is 1.93 bits per heavy atom. The van der Waals surface area contributed by atoms with Crippen molar-refractivity contribution >= 4 is 34.3 Å². The zero-order valence-electron chi connectivity index (χ0n) is 7.83. The predicted octanol–water partition coefficient (Wildman–Crippen LogP) is 2.28. The first-order valence-electron chi connectivity index (χ1n) is 3.95. The van der Waals surface area contributed by atoms with Crippen LogP contribution in [0, 0.1) is 3.57 Å². The third-order valence-corrected chi connectivity index (χ3v) is 2.44. The number of halogens is 1. The summed E-state index contributed by atoms with van der Waals surface area (Å²) in [6, 6.07) is 5.04. The maximum absolute atomic E-state index is 11.3. The van der Waals surface area contributed by atoms with Crippen LogP contribution in [0.15, 0.2) is 18.2 Å². The second-order valence-corrected chi connectivity index (χ2v) is 3.98. The molecule has 0 saturated heterocycles. The summed E-state index contributed by atoms with van der Waals surface area (Å²) in [5, 5.41) is 0. The quantitative estimate of drug-likeness (QED) is 0.478. The van der Waals surface area contributed by atoms with Gasteiger partial charge in [0, 0.05) is 9.13 Å². The van der Waals surface area contributed by atoms with E-state index in [4.69, 9.17) is 0 Å². The second kappa shape index (κ2) is 4.54. The van der Waals surface area contributed by atoms with Gasteiger partial charge in [0.05, 0.1) is 12.7 Å². The first-order valence-corrected chi connectivity index (χ1v) is 5.03. The van der Waals surface area contributed by atoms with Gasteiger partial charge in [-0.15, -0.1) is 0 Å². The molecule has 0 amide bonds. The molecule has 1 aromatic rings. The maximum Gasteiger partial charge on any atom is 0.338 e. The number of ketones is 1. The van der Waals surface area contributed by atoms with Gasteiger partial charge in [0.1, 0.15) is 0 Å². The van der Waals surface area contributed by atoms with Gasteiger partial charge < -0.3 is 4.74 Å². The Kier molecular flexibility index (Phi) is 3.62. The standard InChI is InChI=1S/C10H9IO3/c1-6(12)9-5-7(11)3-4-8(9)10(13)14-2/h3-5H,1-2H3. The van der Waals surface area contributed by atoms with Crippen LogP contribution in [-0.2, 0) is 4.74 Å². The van der Waals surface area contributed by atoms with Crippen LogP contribution >= 0.6 is 22.6 Å². The van der Waals surface area contributed by atoms with Crippen molar-refractivity contribution in [2.24, 2.45) is 0 Å². The largest absolute Gasteiger partial charge is 0.465 e. The molecule has 3 nitrogen and oxygen atoms in total. The Hall–Kier alpha value is -0.910. The van der Waals surface area contributed by atoms with Crippen molar-refractivity contribution < 1.29 is 14.3 Å². The van der Waals surface area contributed by atoms with Gasteiger partial charge in [-0.3, -0.25) is 4.79 Å². The number of ether oxygens (including phenoxy) is 1. The molecular weight excluding hydrogens is 295 g/mol. The zero-order valence-corrected chi connectivity index (χ0v) is 9.99. The molecule has 0 fully saturated rings. The van der Waals surface area contributed by atoms with E-state index in [0.29, 0.717) is 11.1 Å². The van der Waals surface area contributed by atoms with E-state index in [0.717, 1.165) is 3.57 Å². The SMILES string of the molecule is COC(=O)c1ccc(I)cc1C(C)=O. The molecule has 0 aromatic heterocycles. The minimum atomic E-state index is -0.480. The molecule has 0 N–H and O–H groups in total. The van der Waals surface area contributed by atoms with Crippen molar-refractivity contribution in [1.29, 1.82) is 0 Å². The lowest BCUT2D eigenvalue weighted by molar-refractivity contribution is 0.0597. The van der Waals surface area contributed by atoms with Crippen LogP contribution in [0.1, 0.15) is 27.6 Å². The maximum atomic E-state index is 11.3. The molecule has 1 aromatic carbocycles. The molecule has 4 heteroatoms. The molecule has 0 spiro atoms. The summed E-state index contributed by atoms with van der Waals surface area (Å²) in [5.74, 6) is -0.615. The van der Waals surface area contributed by atoms with Crippen LogP contribution < -0.4 is 0 Å². The van der Waals surface area contributed by atoms with Gasteiger partial charge >= 0.3 is 5.97 Å². The highest BCUT2D eigenvalue weighted by Crippen LogP contribution is 2.15. The van der Waals surface area contributed by atoms with E-state index >= 15 is 0 Å². The Morgan fingerprint density at radius 3 is 2.43 bits per heavy atom. The molecular formula is C10H9IO3. The third kappa shape index (κ3) is 2.31. The van der Waals surface area contributed by atoms with Crippen molar-refractivity contribution in [3.05, 3.63) is 32.9 Å². The van der Waals surface area contributed by atoms with Crippen LogP contribution in [0.3, 0.4) is 0 Å². The predicted molar refractivity (Wildman–Crippen MR) is 60.5 cm³/mol. The molecule has 0 bridgehead atoms. The molecule has 14 heavy (non-hydrogen) atoms. The van der Waals surface area contributed by atoms with E-state index < -0.39 is 5.97 Å². The van der Waals surface area contributed by atoms with Crippen molar-refractivity contribution in [3.8, 4) is 0 Å². The van der Waals surface area contributed by atoms with Crippen LogP contribution in [0.2, 0.25) is 0 Å². The molecule has 0 heterocycles. The second-order valence-electron chi connectivity index (χ2n) is 2.74. The fourth-order valence-corrected chi connectivity index (χ4v) is 1.59. The van der Waals surface area contributed by atoms with E-state index in [-0.39, 0.29) is 5.78 Å². The summed E-state index contributed by atoms with van der Waals surface area (Å²) in [5.41, 5.74) is 0.726. The summed E-state index contributed by atoms with van der Waals surface area (Å²) in [4.78, 5) is 22.5. The van der Waals surface area contributed by atoms with Crippen LogP contribution in [0.5, 0.6) is 0 Å². The first kappa shape index (κ1) is 11.2. The smallest absolute Gasteiger partial charge is 0.338 e. The molecule has 0 unspecified atom stereocenters. The van der Waals surface area contributed by atoms with E-state index in [1.54, 1.807) is 18.2 Å². The molecule has 0 aliphatic heterocycles. The van der Waals surface area contributed by atoms with Gasteiger partial charge in [0.15, 0.2) is 5.78 Å². The molecule has 1 rings (SSSR count). The number of Topliss-reactive ketones (excluding diaryl/α,β-unsaturated/α-hetero) is 1. The fourth-order valence-electron chi connectivity index (χ4n) is 1.10. The molecule has 0 aliphatic rings. The van der Waals surface area contributed by atoms with E-state index in [2.05, 4.69) is 27.3 Å². The topological polar surface area (TPSA) is 43.4 Å². The molecule has 0 atom stereocenters. The number of benzene rings is 1. The average Bonchev–Trinajstić information content (AvgIpc) is 2.16. The summed E-state index contributed by atoms with van der Waals surface area (Å²) in [7, 11) is 1.30. The monoisotopic (exact) mass is 304 g/mol. The number of esters is 1. The van der Waals surface area contributed by atoms with Gasteiger partial charge in [-0.25, -0.2) is 4.79 Å². The lowest BCUT2D eigenvalue weighted by Crippen LogP contribution is -2.08. The zero-order chi connectivity index (χ0) is 10.7. The van der Waals surface area contributed by atoms with Gasteiger partial charge in [-0.05, 0) is 47.7 Å². The number of methoxy groups -OCH3 is 1. The lowest BCUT2D eigenvalue weighted by Gasteiger charge is -2.04. The fraction of sp³-hybridized carbons (Fsp3) is 0.200. The lowest BCUT2D eigenvalue weighted by atomic mass is 10.0. The summed E-state index contributed by atoms with van der Waals surface area (Å²) in [6.45, 7) is 1.43. The van der Waals surface area contributed by atoms with Gasteiger partial charge in [-0.1, -0.05) is 0 Å². The van der Waals surface area contributed by atoms with Crippen molar-refractivity contribution in [2.75, 3.05) is 7.11 Å². The van der Waals surface area contributed by atoms with Gasteiger partial charge in [0.2, 0.25) is 0 Å². The number of hydrogen-bond donors (Lipinski definition) is 0. The van der Waals surface area contributed by atoms with Crippen molar-refractivity contribution in [3.63, 3.8) is 0 Å². The minimum Gasteiger partial charge on any atom is -0.465 e. The van der Waals surface area contributed by atoms with E-state index in [9.17, 15) is 9.59 Å². The van der Waals surface area contributed by atoms with Gasteiger partial charge in [0.25, 0.3) is 0 Å². The van der Waals surface area contributed by atoms with Gasteiger partial charge in [-0.2, -0.15) is 0 Å². The summed E-state index contributed by atoms with van der Waals surface area (Å²) < 4.78 is 5.49. The van der Waals surface area contributed by atoms with Crippen LogP contribution in [0.25, 0.3) is 0 Å². The molecule has 0 aliphatic carbocycles. The normalized spacial score (nSPS) is 9.64. The third-order valence-electron chi connectivity index (χ3n) is 1.77. The Balaban J connectivity index is 3.28. The van der Waals surface area contributed by atoms with Crippen molar-refractivity contribution in [2.45, 2.75) is 6.92 Å². The molecule has 74 valence electrons. The Morgan fingerprint density at radius 1 is 1.29 bits per heavy atom. The highest BCUT2D eigenvalue weighted by molar-refractivity contribution is 14.1. The number of rotatable bonds is 2. The number of carbonyl (C=O) groups is 2. The Bertz CT molecular complexity index is 385. The number of carbonyl (C=O) groups excluding carboxylic acids is 2. The number of hydrogen-bond acceptors (Lipinski definition) is 3. The van der Waals surface area contributed by atoms with E-state index in [1.165, 1.54) is 14.0 Å². The van der Waals surface area contributed by atoms with Crippen LogP contribution in [-0.4, -0.2) is 18.9 Å². The van der Waals surface area contributed by atoms with E-state index in [1.807, 2.05) is 0 Å². The summed E-state index contributed by atoms with van der Waals surface area (Å²) in [6.07, 6.45) is 0. The molecule has 0 radical (unpaired) electrons. The highest BCUT2D eigenvalue weighted by Gasteiger charge is 2.14. The minimum absolute atomic E-state index is 0.135. The highest BCUT2D eigenvalue weighted by atomic mass is 127. The first-order chi connectivity index (χ1) is 6.56. The van der Waals surface area contributed by atoms with Crippen molar-refractivity contribution in [1.82, 2.24) is 0 Å². The van der Waals surface area contributed by atoms with Crippen LogP contribution in [0.4, 0.5) is 0 Å². The molecule has 0 saturated carbocycles. The average molecular weight is 304 g/mol. The Labute approximate surface area is 95.6 Å². The summed E-state index contributed by atoms with van der Waals surface area (Å²) >= 11 is 2.09.